The maximum absolute atomic E-state index is 4.06. The zero-order valence-corrected chi connectivity index (χ0v) is 9.56. The second kappa shape index (κ2) is 6.47. The van der Waals surface area contributed by atoms with E-state index < -0.39 is 0 Å². The molecular formula is C15H14N2. The third-order valence-electron chi connectivity index (χ3n) is 2.27. The normalized spacial score (nSPS) is 9.41. The van der Waals surface area contributed by atoms with Gasteiger partial charge in [0.15, 0.2) is 0 Å². The first-order chi connectivity index (χ1) is 8.45. The second-order valence-electron chi connectivity index (χ2n) is 3.63. The predicted octanol–water partition coefficient (Wildman–Crippen LogP) is 2.22. The van der Waals surface area contributed by atoms with Gasteiger partial charge < -0.3 is 5.32 Å². The molecule has 2 heteroatoms. The van der Waals surface area contributed by atoms with E-state index in [4.69, 9.17) is 0 Å². The molecule has 0 atom stereocenters. The monoisotopic (exact) mass is 222 g/mol. The molecule has 1 heterocycles. The summed E-state index contributed by atoms with van der Waals surface area (Å²) in [4.78, 5) is 4.06. The van der Waals surface area contributed by atoms with Crippen LogP contribution in [0.15, 0.2) is 54.9 Å². The third-order valence-corrected chi connectivity index (χ3v) is 2.27. The number of hydrogen-bond acceptors (Lipinski definition) is 2. The molecule has 1 aromatic heterocycles. The molecule has 0 aliphatic heterocycles. The Morgan fingerprint density at radius 1 is 1.06 bits per heavy atom. The zero-order chi connectivity index (χ0) is 11.8. The van der Waals surface area contributed by atoms with Crippen molar-refractivity contribution in [2.24, 2.45) is 0 Å². The molecule has 0 aliphatic carbocycles. The van der Waals surface area contributed by atoms with Crippen LogP contribution in [0.3, 0.4) is 0 Å². The van der Waals surface area contributed by atoms with Gasteiger partial charge in [0.05, 0.1) is 6.54 Å². The lowest BCUT2D eigenvalue weighted by Crippen LogP contribution is -2.13. The molecule has 17 heavy (non-hydrogen) atoms. The standard InChI is InChI=1S/C15H14N2/c1-2-6-14(7-3-1)8-4-10-16-12-15-9-5-11-17-13-15/h1-3,5-7,9,11,13,16H,10,12H2. The third kappa shape index (κ3) is 4.10. The molecule has 0 saturated carbocycles. The molecule has 2 nitrogen and oxygen atoms in total. The average Bonchev–Trinajstić information content (AvgIpc) is 2.41. The van der Waals surface area contributed by atoms with Crippen LogP contribution in [0.4, 0.5) is 0 Å². The van der Waals surface area contributed by atoms with Gasteiger partial charge in [0.2, 0.25) is 0 Å². The Bertz CT molecular complexity index is 495. The van der Waals surface area contributed by atoms with Crippen molar-refractivity contribution in [1.29, 1.82) is 0 Å². The Labute approximate surface area is 102 Å². The van der Waals surface area contributed by atoms with Gasteiger partial charge in [-0.25, -0.2) is 0 Å². The fourth-order valence-electron chi connectivity index (χ4n) is 1.44. The van der Waals surface area contributed by atoms with E-state index in [2.05, 4.69) is 22.1 Å². The first-order valence-electron chi connectivity index (χ1n) is 5.59. The fraction of sp³-hybridized carbons (Fsp3) is 0.133. The smallest absolute Gasteiger partial charge is 0.0582 e. The van der Waals surface area contributed by atoms with Crippen LogP contribution in [0.5, 0.6) is 0 Å². The minimum absolute atomic E-state index is 0.684. The van der Waals surface area contributed by atoms with Crippen LogP contribution < -0.4 is 5.32 Å². The van der Waals surface area contributed by atoms with Gasteiger partial charge in [-0.2, -0.15) is 0 Å². The van der Waals surface area contributed by atoms with Gasteiger partial charge in [-0.3, -0.25) is 4.98 Å². The van der Waals surface area contributed by atoms with Crippen LogP contribution in [0.1, 0.15) is 11.1 Å². The number of nitrogens with zero attached hydrogens (tertiary/aromatic N) is 1. The van der Waals surface area contributed by atoms with Crippen molar-refractivity contribution in [2.45, 2.75) is 6.54 Å². The van der Waals surface area contributed by atoms with Crippen LogP contribution in [0, 0.1) is 11.8 Å². The van der Waals surface area contributed by atoms with Crippen LogP contribution in [-0.4, -0.2) is 11.5 Å². The Kier molecular flexibility index (Phi) is 4.33. The van der Waals surface area contributed by atoms with E-state index >= 15 is 0 Å². The molecule has 2 aromatic rings. The topological polar surface area (TPSA) is 24.9 Å². The minimum Gasteiger partial charge on any atom is -0.302 e. The Balaban J connectivity index is 1.76. The van der Waals surface area contributed by atoms with Crippen molar-refractivity contribution in [1.82, 2.24) is 10.3 Å². The van der Waals surface area contributed by atoms with E-state index in [9.17, 15) is 0 Å². The molecule has 0 fully saturated rings. The quantitative estimate of drug-likeness (QED) is 0.636. The number of aromatic nitrogens is 1. The minimum atomic E-state index is 0.684. The van der Waals surface area contributed by atoms with E-state index in [1.807, 2.05) is 48.7 Å². The summed E-state index contributed by atoms with van der Waals surface area (Å²) in [5.74, 6) is 6.19. The first kappa shape index (κ1) is 11.4. The summed E-state index contributed by atoms with van der Waals surface area (Å²) in [5, 5.41) is 3.26. The summed E-state index contributed by atoms with van der Waals surface area (Å²) in [7, 11) is 0. The van der Waals surface area contributed by atoms with Gasteiger partial charge in [-0.05, 0) is 23.8 Å². The largest absolute Gasteiger partial charge is 0.302 e. The lowest BCUT2D eigenvalue weighted by atomic mass is 10.2. The molecule has 0 unspecified atom stereocenters. The molecule has 1 N–H and O–H groups in total. The molecule has 0 saturated heterocycles. The van der Waals surface area contributed by atoms with Crippen molar-refractivity contribution in [3.05, 3.63) is 66.0 Å². The number of hydrogen-bond donors (Lipinski definition) is 1. The molecule has 0 amide bonds. The highest BCUT2D eigenvalue weighted by Crippen LogP contribution is 1.95. The van der Waals surface area contributed by atoms with Crippen LogP contribution in [0.2, 0.25) is 0 Å². The molecule has 1 aromatic carbocycles. The molecule has 0 spiro atoms. The lowest BCUT2D eigenvalue weighted by molar-refractivity contribution is 0.767. The van der Waals surface area contributed by atoms with Gasteiger partial charge in [-0.15, -0.1) is 0 Å². The molecule has 0 bridgehead atoms. The highest BCUT2D eigenvalue weighted by Gasteiger charge is 1.88. The number of rotatable bonds is 3. The van der Waals surface area contributed by atoms with E-state index in [1.165, 1.54) is 5.56 Å². The summed E-state index contributed by atoms with van der Waals surface area (Å²) in [6.45, 7) is 1.49. The van der Waals surface area contributed by atoms with Gasteiger partial charge in [0, 0.05) is 24.5 Å². The highest BCUT2D eigenvalue weighted by molar-refractivity contribution is 5.33. The van der Waals surface area contributed by atoms with Crippen LogP contribution in [-0.2, 0) is 6.54 Å². The summed E-state index contributed by atoms with van der Waals surface area (Å²) in [6, 6.07) is 14.0. The molecule has 84 valence electrons. The van der Waals surface area contributed by atoms with Crippen molar-refractivity contribution in [2.75, 3.05) is 6.54 Å². The van der Waals surface area contributed by atoms with Crippen molar-refractivity contribution in [3.63, 3.8) is 0 Å². The Morgan fingerprint density at radius 3 is 2.71 bits per heavy atom. The molecule has 0 aliphatic rings. The summed E-state index contributed by atoms with van der Waals surface area (Å²) >= 11 is 0. The van der Waals surface area contributed by atoms with Crippen molar-refractivity contribution in [3.8, 4) is 11.8 Å². The van der Waals surface area contributed by atoms with Crippen LogP contribution >= 0.6 is 0 Å². The summed E-state index contributed by atoms with van der Waals surface area (Å²) in [6.07, 6.45) is 3.64. The van der Waals surface area contributed by atoms with E-state index in [0.717, 1.165) is 12.1 Å². The summed E-state index contributed by atoms with van der Waals surface area (Å²) in [5.41, 5.74) is 2.23. The van der Waals surface area contributed by atoms with Gasteiger partial charge in [0.25, 0.3) is 0 Å². The lowest BCUT2D eigenvalue weighted by Gasteiger charge is -1.99. The zero-order valence-electron chi connectivity index (χ0n) is 9.56. The highest BCUT2D eigenvalue weighted by atomic mass is 14.8. The van der Waals surface area contributed by atoms with Gasteiger partial charge in [0.1, 0.15) is 0 Å². The van der Waals surface area contributed by atoms with Crippen LogP contribution in [0.25, 0.3) is 0 Å². The fourth-order valence-corrected chi connectivity index (χ4v) is 1.44. The Morgan fingerprint density at radius 2 is 1.94 bits per heavy atom. The molecule has 0 radical (unpaired) electrons. The second-order valence-corrected chi connectivity index (χ2v) is 3.63. The Hall–Kier alpha value is -2.11. The number of nitrogens with one attached hydrogen (secondary N) is 1. The van der Waals surface area contributed by atoms with E-state index in [1.54, 1.807) is 6.20 Å². The maximum atomic E-state index is 4.06. The number of pyridine rings is 1. The predicted molar refractivity (Wildman–Crippen MR) is 69.3 cm³/mol. The molecular weight excluding hydrogens is 208 g/mol. The molecule has 2 rings (SSSR count). The summed E-state index contributed by atoms with van der Waals surface area (Å²) < 4.78 is 0. The number of benzene rings is 1. The van der Waals surface area contributed by atoms with E-state index in [-0.39, 0.29) is 0 Å². The first-order valence-corrected chi connectivity index (χ1v) is 5.59. The average molecular weight is 222 g/mol. The van der Waals surface area contributed by atoms with Crippen molar-refractivity contribution < 1.29 is 0 Å². The van der Waals surface area contributed by atoms with Crippen molar-refractivity contribution >= 4 is 0 Å². The maximum Gasteiger partial charge on any atom is 0.0582 e. The van der Waals surface area contributed by atoms with Gasteiger partial charge in [-0.1, -0.05) is 36.1 Å². The van der Waals surface area contributed by atoms with E-state index in [0.29, 0.717) is 6.54 Å². The SMILES string of the molecule is C(#Cc1ccccc1)CNCc1cccnc1. The van der Waals surface area contributed by atoms with Gasteiger partial charge >= 0.3 is 0 Å².